The quantitative estimate of drug-likeness (QED) is 0.697. The van der Waals surface area contributed by atoms with Crippen molar-refractivity contribution in [1.82, 2.24) is 10.2 Å². The van der Waals surface area contributed by atoms with Crippen LogP contribution in [0.4, 0.5) is 22.9 Å². The Morgan fingerprint density at radius 3 is 2.37 bits per heavy atom. The average Bonchev–Trinajstić information content (AvgIpc) is 2.69. The highest BCUT2D eigenvalue weighted by Gasteiger charge is 2.09. The fourth-order valence-electron chi connectivity index (χ4n) is 2.41. The average molecular weight is 363 g/mol. The minimum Gasteiger partial charge on any atom is -0.497 e. The monoisotopic (exact) mass is 363 g/mol. The van der Waals surface area contributed by atoms with Gasteiger partial charge in [-0.1, -0.05) is 6.07 Å². The van der Waals surface area contributed by atoms with Crippen molar-refractivity contribution in [3.8, 4) is 5.75 Å². The Kier molecular flexibility index (Phi) is 5.51. The van der Waals surface area contributed by atoms with Gasteiger partial charge in [0.15, 0.2) is 11.5 Å². The molecule has 0 aliphatic heterocycles. The molecule has 27 heavy (non-hydrogen) atoms. The smallest absolute Gasteiger partial charge is 0.276 e. The van der Waals surface area contributed by atoms with Gasteiger partial charge in [0.2, 0.25) is 0 Å². The lowest BCUT2D eigenvalue weighted by Gasteiger charge is -2.13. The van der Waals surface area contributed by atoms with E-state index < -0.39 is 0 Å². The summed E-state index contributed by atoms with van der Waals surface area (Å²) in [5.74, 6) is 0.965. The minimum absolute atomic E-state index is 0.239. The lowest BCUT2D eigenvalue weighted by molar-refractivity contribution is 0.102. The topological polar surface area (TPSA) is 79.4 Å². The van der Waals surface area contributed by atoms with E-state index in [4.69, 9.17) is 4.74 Å². The number of anilines is 4. The van der Waals surface area contributed by atoms with Crippen molar-refractivity contribution >= 4 is 28.8 Å². The maximum absolute atomic E-state index is 12.3. The van der Waals surface area contributed by atoms with E-state index in [1.807, 2.05) is 67.5 Å². The summed E-state index contributed by atoms with van der Waals surface area (Å²) in [5.41, 5.74) is 2.82. The third-order valence-corrected chi connectivity index (χ3v) is 3.88. The summed E-state index contributed by atoms with van der Waals surface area (Å²) in [6, 6.07) is 18.4. The Hall–Kier alpha value is -3.61. The number of rotatable bonds is 6. The minimum atomic E-state index is -0.312. The molecular formula is C20H21N5O2. The third-order valence-electron chi connectivity index (χ3n) is 3.88. The van der Waals surface area contributed by atoms with Crippen LogP contribution in [0.5, 0.6) is 5.75 Å². The number of hydrogen-bond acceptors (Lipinski definition) is 6. The van der Waals surface area contributed by atoms with Crippen molar-refractivity contribution in [2.24, 2.45) is 0 Å². The van der Waals surface area contributed by atoms with Crippen LogP contribution in [0.1, 0.15) is 10.5 Å². The number of nitrogens with zero attached hydrogens (tertiary/aromatic N) is 3. The molecule has 138 valence electrons. The summed E-state index contributed by atoms with van der Waals surface area (Å²) in [4.78, 5) is 14.3. The molecule has 0 aliphatic rings. The summed E-state index contributed by atoms with van der Waals surface area (Å²) in [6.07, 6.45) is 0. The predicted molar refractivity (Wildman–Crippen MR) is 107 cm³/mol. The fraction of sp³-hybridized carbons (Fsp3) is 0.150. The molecule has 3 aromatic rings. The zero-order chi connectivity index (χ0) is 19.2. The number of benzene rings is 2. The Labute approximate surface area is 158 Å². The van der Waals surface area contributed by atoms with Crippen LogP contribution in [0.3, 0.4) is 0 Å². The number of hydrogen-bond donors (Lipinski definition) is 2. The van der Waals surface area contributed by atoms with E-state index >= 15 is 0 Å². The summed E-state index contributed by atoms with van der Waals surface area (Å²) < 4.78 is 5.19. The molecule has 1 aromatic heterocycles. The number of ether oxygens (including phenoxy) is 1. The number of nitrogens with one attached hydrogen (secondary N) is 2. The fourth-order valence-corrected chi connectivity index (χ4v) is 2.41. The van der Waals surface area contributed by atoms with Gasteiger partial charge in [-0.3, -0.25) is 4.79 Å². The van der Waals surface area contributed by atoms with Gasteiger partial charge >= 0.3 is 0 Å². The maximum Gasteiger partial charge on any atom is 0.276 e. The lowest BCUT2D eigenvalue weighted by atomic mass is 10.2. The van der Waals surface area contributed by atoms with Gasteiger partial charge in [-0.05, 0) is 48.5 Å². The Morgan fingerprint density at radius 1 is 0.963 bits per heavy atom. The van der Waals surface area contributed by atoms with Crippen molar-refractivity contribution in [3.63, 3.8) is 0 Å². The molecule has 1 heterocycles. The molecule has 7 heteroatoms. The zero-order valence-corrected chi connectivity index (χ0v) is 15.4. The van der Waals surface area contributed by atoms with Gasteiger partial charge in [0.25, 0.3) is 5.91 Å². The number of carbonyl (C=O) groups is 1. The third kappa shape index (κ3) is 4.72. The van der Waals surface area contributed by atoms with Gasteiger partial charge in [0.05, 0.1) is 7.11 Å². The molecule has 0 radical (unpaired) electrons. The van der Waals surface area contributed by atoms with Crippen LogP contribution in [0.2, 0.25) is 0 Å². The van der Waals surface area contributed by atoms with Gasteiger partial charge in [0.1, 0.15) is 5.75 Å². The SMILES string of the molecule is COc1cccc(Nc2ccc(C(=O)Nc3ccc(N(C)C)cc3)nn2)c1. The maximum atomic E-state index is 12.3. The highest BCUT2D eigenvalue weighted by atomic mass is 16.5. The summed E-state index contributed by atoms with van der Waals surface area (Å²) in [7, 11) is 5.54. The molecule has 0 atom stereocenters. The standard InChI is InChI=1S/C20H21N5O2/c1-25(2)16-9-7-14(8-10-16)22-20(26)18-11-12-19(24-23-18)21-15-5-4-6-17(13-15)27-3/h4-13H,1-3H3,(H,21,24)(H,22,26). The predicted octanol–water partition coefficient (Wildman–Crippen LogP) is 3.55. The van der Waals surface area contributed by atoms with Crippen molar-refractivity contribution in [3.05, 3.63) is 66.4 Å². The second-order valence-corrected chi connectivity index (χ2v) is 6.06. The number of amides is 1. The first-order valence-corrected chi connectivity index (χ1v) is 8.39. The molecule has 0 bridgehead atoms. The number of aromatic nitrogens is 2. The van der Waals surface area contributed by atoms with Crippen LogP contribution in [-0.4, -0.2) is 37.3 Å². The summed E-state index contributed by atoms with van der Waals surface area (Å²) >= 11 is 0. The van der Waals surface area contributed by atoms with E-state index in [1.165, 1.54) is 0 Å². The van der Waals surface area contributed by atoms with Gasteiger partial charge in [-0.15, -0.1) is 10.2 Å². The van der Waals surface area contributed by atoms with Crippen LogP contribution >= 0.6 is 0 Å². The number of carbonyl (C=O) groups excluding carboxylic acids is 1. The second-order valence-electron chi connectivity index (χ2n) is 6.06. The van der Waals surface area contributed by atoms with E-state index in [9.17, 15) is 4.79 Å². The van der Waals surface area contributed by atoms with E-state index in [1.54, 1.807) is 19.2 Å². The normalized spacial score (nSPS) is 10.2. The molecule has 0 spiro atoms. The highest BCUT2D eigenvalue weighted by molar-refractivity contribution is 6.02. The summed E-state index contributed by atoms with van der Waals surface area (Å²) in [5, 5.41) is 14.0. The van der Waals surface area contributed by atoms with Gasteiger partial charge in [-0.25, -0.2) is 0 Å². The van der Waals surface area contributed by atoms with E-state index in [0.29, 0.717) is 11.5 Å². The molecule has 0 saturated heterocycles. The first kappa shape index (κ1) is 18.2. The molecule has 0 fully saturated rings. The molecule has 2 aromatic carbocycles. The van der Waals surface area contributed by atoms with Crippen LogP contribution in [0, 0.1) is 0 Å². The first-order chi connectivity index (χ1) is 13.0. The van der Waals surface area contributed by atoms with Gasteiger partial charge in [0, 0.05) is 37.2 Å². The Balaban J connectivity index is 1.64. The molecule has 3 rings (SSSR count). The van der Waals surface area contributed by atoms with E-state index in [-0.39, 0.29) is 11.6 Å². The molecule has 0 unspecified atom stereocenters. The zero-order valence-electron chi connectivity index (χ0n) is 15.4. The van der Waals surface area contributed by atoms with Crippen LogP contribution < -0.4 is 20.3 Å². The molecular weight excluding hydrogens is 342 g/mol. The lowest BCUT2D eigenvalue weighted by Crippen LogP contribution is -2.15. The van der Waals surface area contributed by atoms with E-state index in [2.05, 4.69) is 20.8 Å². The van der Waals surface area contributed by atoms with Gasteiger partial charge < -0.3 is 20.3 Å². The van der Waals surface area contributed by atoms with Crippen molar-refractivity contribution < 1.29 is 9.53 Å². The van der Waals surface area contributed by atoms with Crippen LogP contribution in [0.15, 0.2) is 60.7 Å². The Bertz CT molecular complexity index is 908. The molecule has 0 aliphatic carbocycles. The number of methoxy groups -OCH3 is 1. The van der Waals surface area contributed by atoms with Crippen molar-refractivity contribution in [2.75, 3.05) is 36.7 Å². The Morgan fingerprint density at radius 2 is 1.74 bits per heavy atom. The molecule has 1 amide bonds. The van der Waals surface area contributed by atoms with Crippen molar-refractivity contribution in [2.45, 2.75) is 0 Å². The molecule has 7 nitrogen and oxygen atoms in total. The second kappa shape index (κ2) is 8.18. The van der Waals surface area contributed by atoms with Crippen LogP contribution in [0.25, 0.3) is 0 Å². The first-order valence-electron chi connectivity index (χ1n) is 8.39. The highest BCUT2D eigenvalue weighted by Crippen LogP contribution is 2.20. The molecule has 2 N–H and O–H groups in total. The molecule has 0 saturated carbocycles. The summed E-state index contributed by atoms with van der Waals surface area (Å²) in [6.45, 7) is 0. The van der Waals surface area contributed by atoms with Crippen molar-refractivity contribution in [1.29, 1.82) is 0 Å². The van der Waals surface area contributed by atoms with Crippen LogP contribution in [-0.2, 0) is 0 Å². The largest absolute Gasteiger partial charge is 0.497 e. The van der Waals surface area contributed by atoms with Gasteiger partial charge in [-0.2, -0.15) is 0 Å². The van der Waals surface area contributed by atoms with E-state index in [0.717, 1.165) is 17.1 Å².